The Morgan fingerprint density at radius 2 is 2.27 bits per heavy atom. The van der Waals surface area contributed by atoms with Crippen LogP contribution in [-0.4, -0.2) is 18.7 Å². The largest absolute Gasteiger partial charge is 0.457 e. The van der Waals surface area contributed by atoms with Crippen LogP contribution < -0.4 is 5.90 Å². The van der Waals surface area contributed by atoms with Gasteiger partial charge in [0.15, 0.2) is 0 Å². The Bertz CT molecular complexity index is 156. The summed E-state index contributed by atoms with van der Waals surface area (Å²) in [5.74, 6) is 4.35. The normalized spacial score (nSPS) is 12.3. The van der Waals surface area contributed by atoms with Crippen LogP contribution in [-0.2, 0) is 14.4 Å². The number of nitrogens with two attached hydrogens (primary N) is 1. The van der Waals surface area contributed by atoms with Crippen LogP contribution in [0.3, 0.4) is 0 Å². The predicted octanol–water partition coefficient (Wildman–Crippen LogP) is 0.384. The minimum absolute atomic E-state index is 0.193. The van der Waals surface area contributed by atoms with Crippen molar-refractivity contribution in [3.05, 3.63) is 12.2 Å². The Hall–Kier alpha value is -0.870. The molecule has 64 valence electrons. The van der Waals surface area contributed by atoms with E-state index in [1.54, 1.807) is 13.8 Å². The van der Waals surface area contributed by atoms with Crippen LogP contribution in [0.2, 0.25) is 0 Å². The molecule has 0 saturated carbocycles. The van der Waals surface area contributed by atoms with Gasteiger partial charge in [0.2, 0.25) is 0 Å². The molecule has 1 atom stereocenters. The standard InChI is InChI=1S/C7H13NO3/c1-5(2)7(9)11-6(3)4-10-8/h6H,1,4,8H2,2-3H3. The van der Waals surface area contributed by atoms with Gasteiger partial charge in [0, 0.05) is 5.57 Å². The molecule has 0 saturated heterocycles. The van der Waals surface area contributed by atoms with Crippen LogP contribution in [0.15, 0.2) is 12.2 Å². The lowest BCUT2D eigenvalue weighted by Gasteiger charge is -2.10. The van der Waals surface area contributed by atoms with E-state index in [2.05, 4.69) is 11.4 Å². The first-order chi connectivity index (χ1) is 5.07. The molecule has 0 spiro atoms. The van der Waals surface area contributed by atoms with E-state index < -0.39 is 5.97 Å². The average Bonchev–Trinajstić information content (AvgIpc) is 1.87. The van der Waals surface area contributed by atoms with Crippen molar-refractivity contribution in [3.63, 3.8) is 0 Å². The molecule has 4 nitrogen and oxygen atoms in total. The Labute approximate surface area is 65.9 Å². The molecule has 0 amide bonds. The van der Waals surface area contributed by atoms with E-state index in [0.717, 1.165) is 0 Å². The third-order valence-corrected chi connectivity index (χ3v) is 0.988. The molecule has 0 aromatic rings. The number of hydrogen-bond donors (Lipinski definition) is 1. The number of rotatable bonds is 4. The Balaban J connectivity index is 3.66. The lowest BCUT2D eigenvalue weighted by molar-refractivity contribution is -0.146. The van der Waals surface area contributed by atoms with Gasteiger partial charge in [-0.05, 0) is 13.8 Å². The van der Waals surface area contributed by atoms with Crippen LogP contribution in [0.5, 0.6) is 0 Å². The molecule has 4 heteroatoms. The monoisotopic (exact) mass is 159 g/mol. The van der Waals surface area contributed by atoms with Gasteiger partial charge < -0.3 is 9.57 Å². The molecule has 0 heterocycles. The molecule has 0 bridgehead atoms. The van der Waals surface area contributed by atoms with E-state index in [-0.39, 0.29) is 12.7 Å². The van der Waals surface area contributed by atoms with Gasteiger partial charge in [-0.25, -0.2) is 10.7 Å². The van der Waals surface area contributed by atoms with Gasteiger partial charge in [-0.3, -0.25) is 0 Å². The molecule has 0 aliphatic rings. The molecular formula is C7H13NO3. The molecule has 0 aromatic carbocycles. The van der Waals surface area contributed by atoms with Gasteiger partial charge in [0.25, 0.3) is 0 Å². The minimum Gasteiger partial charge on any atom is -0.457 e. The summed E-state index contributed by atoms with van der Waals surface area (Å²) in [5, 5.41) is 0. The van der Waals surface area contributed by atoms with Crippen molar-refractivity contribution in [3.8, 4) is 0 Å². The first kappa shape index (κ1) is 10.1. The summed E-state index contributed by atoms with van der Waals surface area (Å²) in [7, 11) is 0. The van der Waals surface area contributed by atoms with E-state index in [1.807, 2.05) is 0 Å². The fourth-order valence-electron chi connectivity index (χ4n) is 0.453. The summed E-state index contributed by atoms with van der Waals surface area (Å²) in [4.78, 5) is 15.1. The lowest BCUT2D eigenvalue weighted by atomic mass is 10.3. The lowest BCUT2D eigenvalue weighted by Crippen LogP contribution is -2.22. The molecular weight excluding hydrogens is 146 g/mol. The number of carbonyl (C=O) groups excluding carboxylic acids is 1. The summed E-state index contributed by atoms with van der Waals surface area (Å²) in [5.41, 5.74) is 0.369. The molecule has 11 heavy (non-hydrogen) atoms. The van der Waals surface area contributed by atoms with Crippen molar-refractivity contribution in [1.82, 2.24) is 0 Å². The minimum atomic E-state index is -0.422. The van der Waals surface area contributed by atoms with Gasteiger partial charge >= 0.3 is 5.97 Å². The zero-order valence-electron chi connectivity index (χ0n) is 6.79. The molecule has 2 N–H and O–H groups in total. The van der Waals surface area contributed by atoms with Gasteiger partial charge in [0.1, 0.15) is 12.7 Å². The SMILES string of the molecule is C=C(C)C(=O)OC(C)CON. The van der Waals surface area contributed by atoms with E-state index in [0.29, 0.717) is 5.57 Å². The smallest absolute Gasteiger partial charge is 0.333 e. The highest BCUT2D eigenvalue weighted by Gasteiger charge is 2.08. The number of hydrogen-bond acceptors (Lipinski definition) is 4. The molecule has 0 radical (unpaired) electrons. The summed E-state index contributed by atoms with van der Waals surface area (Å²) < 4.78 is 4.81. The summed E-state index contributed by atoms with van der Waals surface area (Å²) in [6.07, 6.45) is -0.329. The fourth-order valence-corrected chi connectivity index (χ4v) is 0.453. The van der Waals surface area contributed by atoms with Crippen molar-refractivity contribution in [2.24, 2.45) is 5.90 Å². The second-order valence-electron chi connectivity index (χ2n) is 2.33. The van der Waals surface area contributed by atoms with E-state index in [4.69, 9.17) is 10.6 Å². The molecule has 0 aromatic heterocycles. The maximum Gasteiger partial charge on any atom is 0.333 e. The number of esters is 1. The van der Waals surface area contributed by atoms with E-state index >= 15 is 0 Å². The van der Waals surface area contributed by atoms with Crippen LogP contribution in [0.25, 0.3) is 0 Å². The highest BCUT2D eigenvalue weighted by atomic mass is 16.6. The van der Waals surface area contributed by atoms with Crippen molar-refractivity contribution < 1.29 is 14.4 Å². The fraction of sp³-hybridized carbons (Fsp3) is 0.571. The van der Waals surface area contributed by atoms with Crippen LogP contribution >= 0.6 is 0 Å². The van der Waals surface area contributed by atoms with Gasteiger partial charge in [-0.1, -0.05) is 6.58 Å². The quantitative estimate of drug-likeness (QED) is 0.366. The molecule has 0 aliphatic heterocycles. The van der Waals surface area contributed by atoms with Gasteiger partial charge in [0.05, 0.1) is 0 Å². The number of ether oxygens (including phenoxy) is 1. The second-order valence-corrected chi connectivity index (χ2v) is 2.33. The highest BCUT2D eigenvalue weighted by molar-refractivity contribution is 5.87. The third-order valence-electron chi connectivity index (χ3n) is 0.988. The third kappa shape index (κ3) is 4.52. The van der Waals surface area contributed by atoms with Gasteiger partial charge in [-0.15, -0.1) is 0 Å². The molecule has 0 aliphatic carbocycles. The van der Waals surface area contributed by atoms with Crippen molar-refractivity contribution >= 4 is 5.97 Å². The van der Waals surface area contributed by atoms with E-state index in [9.17, 15) is 4.79 Å². The average molecular weight is 159 g/mol. The zero-order valence-corrected chi connectivity index (χ0v) is 6.79. The predicted molar refractivity (Wildman–Crippen MR) is 40.5 cm³/mol. The van der Waals surface area contributed by atoms with Crippen LogP contribution in [0.1, 0.15) is 13.8 Å². The number of carbonyl (C=O) groups is 1. The van der Waals surface area contributed by atoms with Crippen LogP contribution in [0, 0.1) is 0 Å². The molecule has 0 rings (SSSR count). The molecule has 1 unspecified atom stereocenters. The Morgan fingerprint density at radius 1 is 1.73 bits per heavy atom. The van der Waals surface area contributed by atoms with Gasteiger partial charge in [-0.2, -0.15) is 0 Å². The van der Waals surface area contributed by atoms with Crippen molar-refractivity contribution in [2.75, 3.05) is 6.61 Å². The maximum absolute atomic E-state index is 10.8. The first-order valence-electron chi connectivity index (χ1n) is 3.26. The Kier molecular flexibility index (Phi) is 4.49. The Morgan fingerprint density at radius 3 is 2.64 bits per heavy atom. The summed E-state index contributed by atoms with van der Waals surface area (Å²) >= 11 is 0. The van der Waals surface area contributed by atoms with Crippen molar-refractivity contribution in [2.45, 2.75) is 20.0 Å². The summed E-state index contributed by atoms with van der Waals surface area (Å²) in [6.45, 7) is 6.88. The van der Waals surface area contributed by atoms with Crippen molar-refractivity contribution in [1.29, 1.82) is 0 Å². The first-order valence-corrected chi connectivity index (χ1v) is 3.26. The van der Waals surface area contributed by atoms with Crippen LogP contribution in [0.4, 0.5) is 0 Å². The zero-order chi connectivity index (χ0) is 8.85. The maximum atomic E-state index is 10.8. The molecule has 0 fully saturated rings. The van der Waals surface area contributed by atoms with E-state index in [1.165, 1.54) is 0 Å². The summed E-state index contributed by atoms with van der Waals surface area (Å²) in [6, 6.07) is 0. The topological polar surface area (TPSA) is 61.5 Å². The second kappa shape index (κ2) is 4.87. The highest BCUT2D eigenvalue weighted by Crippen LogP contribution is 1.97.